The van der Waals surface area contributed by atoms with Crippen molar-refractivity contribution in [3.63, 3.8) is 0 Å². The lowest BCUT2D eigenvalue weighted by Crippen LogP contribution is -2.51. The summed E-state index contributed by atoms with van der Waals surface area (Å²) in [5.74, 6) is 0.803. The van der Waals surface area contributed by atoms with Crippen molar-refractivity contribution in [2.75, 3.05) is 24.5 Å². The second-order valence-corrected chi connectivity index (χ2v) is 8.35. The van der Waals surface area contributed by atoms with Crippen molar-refractivity contribution in [1.29, 1.82) is 5.41 Å². The molecule has 1 fully saturated rings. The lowest BCUT2D eigenvalue weighted by atomic mass is 10.0. The Morgan fingerprint density at radius 1 is 1.15 bits per heavy atom. The summed E-state index contributed by atoms with van der Waals surface area (Å²) >= 11 is 0. The Hall–Kier alpha value is -2.94. The first kappa shape index (κ1) is 25.7. The number of ether oxygens (including phenoxy) is 2. The molecule has 3 N–H and O–H groups in total. The van der Waals surface area contributed by atoms with Crippen molar-refractivity contribution in [3.8, 4) is 11.5 Å². The molecule has 3 rings (SSSR count). The van der Waals surface area contributed by atoms with Crippen LogP contribution in [-0.4, -0.2) is 42.9 Å². The zero-order valence-corrected chi connectivity index (χ0v) is 19.5. The molecular formula is C25H33F3N4O2. The van der Waals surface area contributed by atoms with Gasteiger partial charge in [0.15, 0.2) is 5.96 Å². The Balaban J connectivity index is 1.67. The molecule has 2 aromatic rings. The molecule has 1 saturated heterocycles. The minimum absolute atomic E-state index is 0.104. The first-order valence-corrected chi connectivity index (χ1v) is 11.7. The summed E-state index contributed by atoms with van der Waals surface area (Å²) in [6.45, 7) is 4.34. The summed E-state index contributed by atoms with van der Waals surface area (Å²) in [6, 6.07) is 13.5. The maximum Gasteiger partial charge on any atom is 0.573 e. The third-order valence-corrected chi connectivity index (χ3v) is 5.90. The summed E-state index contributed by atoms with van der Waals surface area (Å²) in [4.78, 5) is 4.18. The zero-order valence-electron chi connectivity index (χ0n) is 19.5. The van der Waals surface area contributed by atoms with E-state index in [4.69, 9.17) is 15.9 Å². The number of halogens is 3. The molecule has 0 saturated carbocycles. The first-order chi connectivity index (χ1) is 16.3. The predicted octanol–water partition coefficient (Wildman–Crippen LogP) is 5.52. The van der Waals surface area contributed by atoms with Crippen LogP contribution in [0.4, 0.5) is 18.9 Å². The van der Waals surface area contributed by atoms with E-state index in [1.54, 1.807) is 6.07 Å². The van der Waals surface area contributed by atoms with Crippen LogP contribution in [0, 0.1) is 5.41 Å². The van der Waals surface area contributed by atoms with Gasteiger partial charge in [-0.05, 0) is 80.6 Å². The van der Waals surface area contributed by atoms with Crippen LogP contribution >= 0.6 is 0 Å². The highest BCUT2D eigenvalue weighted by molar-refractivity contribution is 5.94. The van der Waals surface area contributed by atoms with E-state index in [0.717, 1.165) is 37.9 Å². The lowest BCUT2D eigenvalue weighted by molar-refractivity contribution is -0.274. The largest absolute Gasteiger partial charge is 0.573 e. The van der Waals surface area contributed by atoms with E-state index in [1.807, 2.05) is 29.2 Å². The number of likely N-dealkylation sites (tertiary alicyclic amines) is 1. The number of rotatable bonds is 9. The van der Waals surface area contributed by atoms with Crippen LogP contribution in [0.3, 0.4) is 0 Å². The number of piperidine rings is 1. The molecule has 0 radical (unpaired) electrons. The highest BCUT2D eigenvalue weighted by atomic mass is 19.4. The van der Waals surface area contributed by atoms with Gasteiger partial charge in [-0.3, -0.25) is 5.41 Å². The van der Waals surface area contributed by atoms with Gasteiger partial charge in [-0.25, -0.2) is 0 Å². The van der Waals surface area contributed by atoms with Gasteiger partial charge >= 0.3 is 6.36 Å². The number of alkyl halides is 3. The van der Waals surface area contributed by atoms with Gasteiger partial charge in [-0.2, -0.15) is 0 Å². The maximum absolute atomic E-state index is 12.4. The van der Waals surface area contributed by atoms with Crippen molar-refractivity contribution in [1.82, 2.24) is 4.90 Å². The van der Waals surface area contributed by atoms with Crippen LogP contribution in [0.5, 0.6) is 11.5 Å². The van der Waals surface area contributed by atoms with Crippen molar-refractivity contribution in [3.05, 3.63) is 54.1 Å². The number of benzene rings is 2. The third-order valence-electron chi connectivity index (χ3n) is 5.90. The monoisotopic (exact) mass is 478 g/mol. The van der Waals surface area contributed by atoms with E-state index >= 15 is 0 Å². The van der Waals surface area contributed by atoms with Crippen molar-refractivity contribution >= 4 is 11.6 Å². The molecule has 0 bridgehead atoms. The molecule has 2 aromatic carbocycles. The highest BCUT2D eigenvalue weighted by Crippen LogP contribution is 2.27. The third kappa shape index (κ3) is 7.28. The Morgan fingerprint density at radius 2 is 1.91 bits per heavy atom. The molecule has 1 heterocycles. The van der Waals surface area contributed by atoms with Gasteiger partial charge < -0.3 is 25.0 Å². The van der Waals surface area contributed by atoms with Gasteiger partial charge in [0.1, 0.15) is 18.1 Å². The number of nitrogens with one attached hydrogen (secondary N) is 1. The quantitative estimate of drug-likeness (QED) is 0.367. The first-order valence-electron chi connectivity index (χ1n) is 11.7. The second kappa shape index (κ2) is 12.0. The van der Waals surface area contributed by atoms with E-state index in [2.05, 4.69) is 16.6 Å². The van der Waals surface area contributed by atoms with Gasteiger partial charge in [0.05, 0.1) is 0 Å². The highest BCUT2D eigenvalue weighted by Gasteiger charge is 2.31. The van der Waals surface area contributed by atoms with Gasteiger partial charge in [-0.15, -0.1) is 13.2 Å². The van der Waals surface area contributed by atoms with Gasteiger partial charge in [0, 0.05) is 24.8 Å². The Bertz CT molecular complexity index is 921. The summed E-state index contributed by atoms with van der Waals surface area (Å²) in [5, 5.41) is 8.91. The molecule has 0 aliphatic carbocycles. The van der Waals surface area contributed by atoms with Crippen molar-refractivity contribution in [2.45, 2.75) is 58.0 Å². The number of anilines is 1. The van der Waals surface area contributed by atoms with E-state index in [0.29, 0.717) is 36.4 Å². The number of hydrogen-bond donors (Lipinski definition) is 2. The number of nitrogens with two attached hydrogens (primary N) is 1. The standard InChI is InChI=1S/C25H33F3N4O2/c1-2-20-8-3-4-15-31(20)24(30)32(16-6-14-29)21-10-12-22(13-11-21)33-18-19-7-5-9-23(17-19)34-25(26,27)28/h5,7,9-13,17,20,30H,2-4,6,8,14-16,18,29H2,1H3. The molecule has 6 nitrogen and oxygen atoms in total. The van der Waals surface area contributed by atoms with Crippen LogP contribution in [0.1, 0.15) is 44.6 Å². The fourth-order valence-corrected chi connectivity index (χ4v) is 4.19. The van der Waals surface area contributed by atoms with Gasteiger partial charge in [0.25, 0.3) is 0 Å². The van der Waals surface area contributed by atoms with Crippen LogP contribution in [-0.2, 0) is 6.61 Å². The molecule has 34 heavy (non-hydrogen) atoms. The van der Waals surface area contributed by atoms with Crippen LogP contribution in [0.2, 0.25) is 0 Å². The summed E-state index contributed by atoms with van der Waals surface area (Å²) in [7, 11) is 0. The number of guanidine groups is 1. The fraction of sp³-hybridized carbons (Fsp3) is 0.480. The SMILES string of the molecule is CCC1CCCCN1C(=N)N(CCCN)c1ccc(OCc2cccc(OC(F)(F)F)c2)cc1. The minimum Gasteiger partial charge on any atom is -0.489 e. The average molecular weight is 479 g/mol. The zero-order chi connectivity index (χ0) is 24.6. The molecule has 0 amide bonds. The van der Waals surface area contributed by atoms with Crippen molar-refractivity contribution < 1.29 is 22.6 Å². The van der Waals surface area contributed by atoms with Gasteiger partial charge in [0.2, 0.25) is 0 Å². The molecule has 0 aromatic heterocycles. The Morgan fingerprint density at radius 3 is 2.59 bits per heavy atom. The summed E-state index contributed by atoms with van der Waals surface area (Å²) in [5.41, 5.74) is 7.19. The van der Waals surface area contributed by atoms with Crippen LogP contribution in [0.25, 0.3) is 0 Å². The molecule has 1 aliphatic rings. The average Bonchev–Trinajstić information content (AvgIpc) is 2.82. The van der Waals surface area contributed by atoms with Crippen LogP contribution < -0.4 is 20.1 Å². The smallest absolute Gasteiger partial charge is 0.489 e. The predicted molar refractivity (Wildman–Crippen MR) is 127 cm³/mol. The van der Waals surface area contributed by atoms with Crippen molar-refractivity contribution in [2.24, 2.45) is 5.73 Å². The minimum atomic E-state index is -4.73. The topological polar surface area (TPSA) is 74.8 Å². The molecule has 1 atom stereocenters. The molecule has 0 spiro atoms. The second-order valence-electron chi connectivity index (χ2n) is 8.35. The summed E-state index contributed by atoms with van der Waals surface area (Å²) in [6.07, 6.45) is 0.431. The van der Waals surface area contributed by atoms with E-state index in [9.17, 15) is 13.2 Å². The number of nitrogens with zero attached hydrogens (tertiary/aromatic N) is 2. The van der Waals surface area contributed by atoms with Gasteiger partial charge in [-0.1, -0.05) is 19.1 Å². The molecule has 186 valence electrons. The molecule has 9 heteroatoms. The molecule has 1 aliphatic heterocycles. The normalized spacial score (nSPS) is 16.3. The molecule has 1 unspecified atom stereocenters. The maximum atomic E-state index is 12.4. The lowest BCUT2D eigenvalue weighted by Gasteiger charge is -2.41. The fourth-order valence-electron chi connectivity index (χ4n) is 4.19. The van der Waals surface area contributed by atoms with E-state index < -0.39 is 6.36 Å². The van der Waals surface area contributed by atoms with E-state index in [1.165, 1.54) is 24.6 Å². The Kier molecular flexibility index (Phi) is 9.04. The molecular weight excluding hydrogens is 445 g/mol. The van der Waals surface area contributed by atoms with Crippen LogP contribution in [0.15, 0.2) is 48.5 Å². The number of hydrogen-bond acceptors (Lipinski definition) is 4. The Labute approximate surface area is 198 Å². The van der Waals surface area contributed by atoms with E-state index in [-0.39, 0.29) is 12.4 Å². The summed E-state index contributed by atoms with van der Waals surface area (Å²) < 4.78 is 47.0.